The third-order valence-corrected chi connectivity index (χ3v) is 3.80. The van der Waals surface area contributed by atoms with Gasteiger partial charge in [0, 0.05) is 18.8 Å². The first-order valence-corrected chi connectivity index (χ1v) is 8.28. The van der Waals surface area contributed by atoms with Gasteiger partial charge in [0.25, 0.3) is 0 Å². The van der Waals surface area contributed by atoms with Crippen molar-refractivity contribution in [2.24, 2.45) is 5.16 Å². The fourth-order valence-electron chi connectivity index (χ4n) is 2.47. The average Bonchev–Trinajstić information content (AvgIpc) is 2.67. The van der Waals surface area contributed by atoms with E-state index < -0.39 is 0 Å². The van der Waals surface area contributed by atoms with Crippen LogP contribution in [0.4, 0.5) is 10.1 Å². The normalized spacial score (nSPS) is 14.7. The van der Waals surface area contributed by atoms with Crippen LogP contribution in [0.15, 0.2) is 53.7 Å². The Kier molecular flexibility index (Phi) is 6.23. The number of halogens is 1. The van der Waals surface area contributed by atoms with E-state index >= 15 is 0 Å². The van der Waals surface area contributed by atoms with Crippen LogP contribution < -0.4 is 9.64 Å². The van der Waals surface area contributed by atoms with Crippen LogP contribution >= 0.6 is 0 Å². The fourth-order valence-corrected chi connectivity index (χ4v) is 2.47. The first-order valence-electron chi connectivity index (χ1n) is 8.28. The molecule has 0 spiro atoms. The van der Waals surface area contributed by atoms with Crippen LogP contribution in [0.25, 0.3) is 0 Å². The summed E-state index contributed by atoms with van der Waals surface area (Å²) >= 11 is 0. The standard InChI is InChI=1S/C19H21FN2O3/c20-17-3-7-19(8-4-17)24-13-14-25-21-15-16-1-5-18(6-2-16)22-9-11-23-12-10-22/h1-8,15H,9-14H2. The van der Waals surface area contributed by atoms with Crippen molar-refractivity contribution in [2.75, 3.05) is 44.4 Å². The second kappa shape index (κ2) is 9.03. The van der Waals surface area contributed by atoms with E-state index in [1.807, 2.05) is 12.1 Å². The highest BCUT2D eigenvalue weighted by molar-refractivity contribution is 5.79. The van der Waals surface area contributed by atoms with Gasteiger partial charge in [-0.25, -0.2) is 4.39 Å². The summed E-state index contributed by atoms with van der Waals surface area (Å²) in [6.45, 7) is 4.06. The molecule has 6 heteroatoms. The lowest BCUT2D eigenvalue weighted by Crippen LogP contribution is -2.36. The van der Waals surface area contributed by atoms with Crippen molar-refractivity contribution in [3.63, 3.8) is 0 Å². The Hall–Kier alpha value is -2.60. The molecule has 0 aromatic heterocycles. The van der Waals surface area contributed by atoms with Gasteiger partial charge in [0.05, 0.1) is 19.4 Å². The molecule has 0 radical (unpaired) electrons. The molecule has 1 fully saturated rings. The molecule has 0 amide bonds. The average molecular weight is 344 g/mol. The Morgan fingerprint density at radius 2 is 1.72 bits per heavy atom. The number of anilines is 1. The molecule has 0 bridgehead atoms. The molecule has 0 saturated carbocycles. The number of rotatable bonds is 7. The van der Waals surface area contributed by atoms with Gasteiger partial charge in [0.2, 0.25) is 0 Å². The van der Waals surface area contributed by atoms with Gasteiger partial charge >= 0.3 is 0 Å². The van der Waals surface area contributed by atoms with E-state index in [1.165, 1.54) is 17.8 Å². The van der Waals surface area contributed by atoms with Crippen molar-refractivity contribution >= 4 is 11.9 Å². The van der Waals surface area contributed by atoms with Crippen molar-refractivity contribution in [3.8, 4) is 5.75 Å². The highest BCUT2D eigenvalue weighted by Crippen LogP contribution is 2.16. The molecule has 1 aliphatic rings. The molecule has 1 aliphatic heterocycles. The number of hydrogen-bond acceptors (Lipinski definition) is 5. The molecule has 2 aromatic rings. The topological polar surface area (TPSA) is 43.3 Å². The van der Waals surface area contributed by atoms with Gasteiger partial charge in [-0.3, -0.25) is 0 Å². The summed E-state index contributed by atoms with van der Waals surface area (Å²) in [7, 11) is 0. The number of oxime groups is 1. The molecule has 0 N–H and O–H groups in total. The zero-order chi connectivity index (χ0) is 17.3. The van der Waals surface area contributed by atoms with Crippen LogP contribution in [0.1, 0.15) is 5.56 Å². The molecular formula is C19H21FN2O3. The van der Waals surface area contributed by atoms with Gasteiger partial charge in [-0.15, -0.1) is 0 Å². The first-order chi connectivity index (χ1) is 12.3. The molecule has 3 rings (SSSR count). The molecule has 25 heavy (non-hydrogen) atoms. The second-order valence-corrected chi connectivity index (χ2v) is 5.56. The predicted molar refractivity (Wildman–Crippen MR) is 94.9 cm³/mol. The zero-order valence-electron chi connectivity index (χ0n) is 13.9. The van der Waals surface area contributed by atoms with Crippen molar-refractivity contribution in [1.82, 2.24) is 0 Å². The number of hydrogen-bond donors (Lipinski definition) is 0. The van der Waals surface area contributed by atoms with Crippen LogP contribution in [-0.2, 0) is 9.57 Å². The number of nitrogens with zero attached hydrogens (tertiary/aromatic N) is 2. The van der Waals surface area contributed by atoms with Crippen LogP contribution in [0.5, 0.6) is 5.75 Å². The van der Waals surface area contributed by atoms with E-state index in [0.717, 1.165) is 31.9 Å². The quantitative estimate of drug-likeness (QED) is 0.440. The monoisotopic (exact) mass is 344 g/mol. The van der Waals surface area contributed by atoms with E-state index in [1.54, 1.807) is 18.3 Å². The maximum absolute atomic E-state index is 12.8. The minimum atomic E-state index is -0.284. The van der Waals surface area contributed by atoms with Gasteiger partial charge in [0.15, 0.2) is 6.61 Å². The summed E-state index contributed by atoms with van der Waals surface area (Å²) in [5.41, 5.74) is 2.16. The molecular weight excluding hydrogens is 323 g/mol. The molecule has 0 unspecified atom stereocenters. The summed E-state index contributed by atoms with van der Waals surface area (Å²) in [5, 5.41) is 3.93. The molecule has 1 heterocycles. The van der Waals surface area contributed by atoms with Crippen LogP contribution in [0, 0.1) is 5.82 Å². The summed E-state index contributed by atoms with van der Waals surface area (Å²) in [5.74, 6) is 0.320. The van der Waals surface area contributed by atoms with Gasteiger partial charge < -0.3 is 19.2 Å². The maximum Gasteiger partial charge on any atom is 0.151 e. The van der Waals surface area contributed by atoms with Crippen molar-refractivity contribution < 1.29 is 18.7 Å². The van der Waals surface area contributed by atoms with Crippen LogP contribution in [0.2, 0.25) is 0 Å². The highest BCUT2D eigenvalue weighted by Gasteiger charge is 2.10. The Labute approximate surface area is 146 Å². The second-order valence-electron chi connectivity index (χ2n) is 5.56. The van der Waals surface area contributed by atoms with Gasteiger partial charge in [0.1, 0.15) is 18.2 Å². The van der Waals surface area contributed by atoms with E-state index in [0.29, 0.717) is 19.0 Å². The third kappa shape index (κ3) is 5.46. The lowest BCUT2D eigenvalue weighted by atomic mass is 10.2. The largest absolute Gasteiger partial charge is 0.490 e. The van der Waals surface area contributed by atoms with E-state index in [4.69, 9.17) is 14.3 Å². The lowest BCUT2D eigenvalue weighted by molar-refractivity contribution is 0.108. The third-order valence-electron chi connectivity index (χ3n) is 3.80. The Bertz CT molecular complexity index is 668. The summed E-state index contributed by atoms with van der Waals surface area (Å²) in [6.07, 6.45) is 1.67. The Morgan fingerprint density at radius 1 is 1.00 bits per heavy atom. The van der Waals surface area contributed by atoms with Crippen LogP contribution in [-0.4, -0.2) is 45.7 Å². The highest BCUT2D eigenvalue weighted by atomic mass is 19.1. The molecule has 5 nitrogen and oxygen atoms in total. The molecule has 0 aliphatic carbocycles. The zero-order valence-corrected chi connectivity index (χ0v) is 13.9. The van der Waals surface area contributed by atoms with E-state index in [-0.39, 0.29) is 5.82 Å². The van der Waals surface area contributed by atoms with Gasteiger partial charge in [-0.1, -0.05) is 17.3 Å². The Morgan fingerprint density at radius 3 is 2.44 bits per heavy atom. The molecule has 1 saturated heterocycles. The summed E-state index contributed by atoms with van der Waals surface area (Å²) in [4.78, 5) is 7.47. The summed E-state index contributed by atoms with van der Waals surface area (Å²) in [6, 6.07) is 14.0. The first kappa shape index (κ1) is 17.2. The number of morpholine rings is 1. The minimum Gasteiger partial charge on any atom is -0.490 e. The molecule has 0 atom stereocenters. The van der Waals surface area contributed by atoms with E-state index in [2.05, 4.69) is 22.2 Å². The molecule has 2 aromatic carbocycles. The SMILES string of the molecule is Fc1ccc(OCCON=Cc2ccc(N3CCOCC3)cc2)cc1. The van der Waals surface area contributed by atoms with Crippen molar-refractivity contribution in [2.45, 2.75) is 0 Å². The lowest BCUT2D eigenvalue weighted by Gasteiger charge is -2.28. The van der Waals surface area contributed by atoms with Crippen molar-refractivity contribution in [1.29, 1.82) is 0 Å². The van der Waals surface area contributed by atoms with Crippen molar-refractivity contribution in [3.05, 3.63) is 59.9 Å². The van der Waals surface area contributed by atoms with E-state index in [9.17, 15) is 4.39 Å². The summed E-state index contributed by atoms with van der Waals surface area (Å²) < 4.78 is 23.5. The smallest absolute Gasteiger partial charge is 0.151 e. The molecule has 132 valence electrons. The number of benzene rings is 2. The predicted octanol–water partition coefficient (Wildman–Crippen LogP) is 3.09. The number of ether oxygens (including phenoxy) is 2. The minimum absolute atomic E-state index is 0.284. The maximum atomic E-state index is 12.8. The van der Waals surface area contributed by atoms with Crippen LogP contribution in [0.3, 0.4) is 0 Å². The fraction of sp³-hybridized carbons (Fsp3) is 0.316. The Balaban J connectivity index is 1.37. The van der Waals surface area contributed by atoms with Gasteiger partial charge in [-0.2, -0.15) is 0 Å². The van der Waals surface area contributed by atoms with Gasteiger partial charge in [-0.05, 0) is 42.0 Å².